The van der Waals surface area contributed by atoms with Crippen LogP contribution < -0.4 is 0 Å². The second-order valence-electron chi connectivity index (χ2n) is 4.54. The van der Waals surface area contributed by atoms with Crippen LogP contribution in [0, 0.1) is 0 Å². The van der Waals surface area contributed by atoms with E-state index in [0.29, 0.717) is 13.1 Å². The lowest BCUT2D eigenvalue weighted by atomic mass is 9.94. The fourth-order valence-electron chi connectivity index (χ4n) is 2.46. The SMILES string of the molecule is C=CC(=O)N1Cc2sc(Cl)cc2[C@@H](c2sccc2Br)C1. The lowest BCUT2D eigenvalue weighted by Crippen LogP contribution is -2.36. The molecule has 3 heterocycles. The van der Waals surface area contributed by atoms with Crippen LogP contribution in [0.15, 0.2) is 34.6 Å². The Kier molecular flexibility index (Phi) is 4.04. The second kappa shape index (κ2) is 5.64. The van der Waals surface area contributed by atoms with Gasteiger partial charge >= 0.3 is 0 Å². The zero-order valence-electron chi connectivity index (χ0n) is 10.4. The highest BCUT2D eigenvalue weighted by Gasteiger charge is 2.31. The van der Waals surface area contributed by atoms with Crippen molar-refractivity contribution in [3.05, 3.63) is 54.3 Å². The zero-order chi connectivity index (χ0) is 14.3. The molecule has 1 amide bonds. The summed E-state index contributed by atoms with van der Waals surface area (Å²) in [5.41, 5.74) is 1.25. The number of amides is 1. The quantitative estimate of drug-likeness (QED) is 0.671. The monoisotopic (exact) mass is 387 g/mol. The Morgan fingerprint density at radius 3 is 3.05 bits per heavy atom. The van der Waals surface area contributed by atoms with Crippen molar-refractivity contribution in [1.82, 2.24) is 4.90 Å². The van der Waals surface area contributed by atoms with Crippen molar-refractivity contribution in [2.75, 3.05) is 6.54 Å². The predicted molar refractivity (Wildman–Crippen MR) is 88.8 cm³/mol. The first-order valence-corrected chi connectivity index (χ1v) is 8.89. The van der Waals surface area contributed by atoms with Gasteiger partial charge in [0.15, 0.2) is 0 Å². The molecule has 0 spiro atoms. The maximum atomic E-state index is 12.0. The minimum absolute atomic E-state index is 0.0298. The van der Waals surface area contributed by atoms with Crippen LogP contribution in [0.2, 0.25) is 4.34 Å². The van der Waals surface area contributed by atoms with Gasteiger partial charge in [-0.3, -0.25) is 4.79 Å². The third-order valence-corrected chi connectivity index (χ3v) is 6.62. The van der Waals surface area contributed by atoms with Crippen LogP contribution in [0.3, 0.4) is 0 Å². The molecular weight excluding hydrogens is 378 g/mol. The van der Waals surface area contributed by atoms with E-state index in [-0.39, 0.29) is 11.8 Å². The van der Waals surface area contributed by atoms with Crippen molar-refractivity contribution in [2.45, 2.75) is 12.5 Å². The first kappa shape index (κ1) is 14.3. The maximum absolute atomic E-state index is 12.0. The van der Waals surface area contributed by atoms with E-state index in [1.165, 1.54) is 21.4 Å². The molecule has 1 aliphatic heterocycles. The number of carbonyl (C=O) groups excluding carboxylic acids is 1. The topological polar surface area (TPSA) is 20.3 Å². The van der Waals surface area contributed by atoms with E-state index in [9.17, 15) is 4.79 Å². The molecule has 2 nitrogen and oxygen atoms in total. The average molecular weight is 389 g/mol. The smallest absolute Gasteiger partial charge is 0.246 e. The third-order valence-electron chi connectivity index (χ3n) is 3.37. The number of hydrogen-bond acceptors (Lipinski definition) is 3. The molecule has 104 valence electrons. The Bertz CT molecular complexity index is 679. The van der Waals surface area contributed by atoms with Crippen LogP contribution in [-0.2, 0) is 11.3 Å². The molecule has 0 aliphatic carbocycles. The summed E-state index contributed by atoms with van der Waals surface area (Å²) >= 11 is 13.0. The van der Waals surface area contributed by atoms with E-state index in [1.807, 2.05) is 17.0 Å². The van der Waals surface area contributed by atoms with Crippen molar-refractivity contribution in [1.29, 1.82) is 0 Å². The van der Waals surface area contributed by atoms with E-state index in [1.54, 1.807) is 22.7 Å². The van der Waals surface area contributed by atoms with Crippen molar-refractivity contribution in [3.63, 3.8) is 0 Å². The summed E-state index contributed by atoms with van der Waals surface area (Å²) in [4.78, 5) is 16.2. The standard InChI is InChI=1S/C14H11BrClNOS2/c1-2-13(18)17-6-9(14-10(15)3-4-19-14)8-5-12(16)20-11(8)7-17/h2-5,9H,1,6-7H2/t9-/m0/s1. The van der Waals surface area contributed by atoms with Gasteiger partial charge in [-0.15, -0.1) is 22.7 Å². The normalized spacial score (nSPS) is 17.9. The van der Waals surface area contributed by atoms with E-state index in [2.05, 4.69) is 27.9 Å². The van der Waals surface area contributed by atoms with Crippen LogP contribution in [0.4, 0.5) is 0 Å². The van der Waals surface area contributed by atoms with E-state index in [0.717, 1.165) is 8.81 Å². The molecule has 0 fully saturated rings. The molecule has 1 atom stereocenters. The summed E-state index contributed by atoms with van der Waals surface area (Å²) in [6.07, 6.45) is 1.38. The summed E-state index contributed by atoms with van der Waals surface area (Å²) in [5, 5.41) is 2.06. The molecule has 20 heavy (non-hydrogen) atoms. The lowest BCUT2D eigenvalue weighted by molar-refractivity contribution is -0.127. The molecule has 0 radical (unpaired) electrons. The molecule has 1 aliphatic rings. The summed E-state index contributed by atoms with van der Waals surface area (Å²) < 4.78 is 1.87. The minimum atomic E-state index is -0.0298. The Morgan fingerprint density at radius 2 is 2.40 bits per heavy atom. The molecule has 6 heteroatoms. The van der Waals surface area contributed by atoms with Crippen LogP contribution in [0.5, 0.6) is 0 Å². The molecule has 2 aromatic heterocycles. The number of nitrogens with zero attached hydrogens (tertiary/aromatic N) is 1. The Balaban J connectivity index is 2.06. The minimum Gasteiger partial charge on any atom is -0.333 e. The van der Waals surface area contributed by atoms with Gasteiger partial charge < -0.3 is 4.90 Å². The van der Waals surface area contributed by atoms with E-state index < -0.39 is 0 Å². The number of hydrogen-bond donors (Lipinski definition) is 0. The van der Waals surface area contributed by atoms with Crippen LogP contribution in [0.1, 0.15) is 21.2 Å². The van der Waals surface area contributed by atoms with Gasteiger partial charge in [0.2, 0.25) is 5.91 Å². The molecule has 0 bridgehead atoms. The number of carbonyl (C=O) groups is 1. The first-order valence-electron chi connectivity index (χ1n) is 6.02. The Labute approximate surface area is 138 Å². The molecule has 3 rings (SSSR count). The van der Waals surface area contributed by atoms with Gasteiger partial charge in [0.05, 0.1) is 10.9 Å². The highest BCUT2D eigenvalue weighted by atomic mass is 79.9. The molecular formula is C14H11BrClNOS2. The number of fused-ring (bicyclic) bond motifs is 1. The summed E-state index contributed by atoms with van der Waals surface area (Å²) in [6, 6.07) is 4.08. The van der Waals surface area contributed by atoms with Crippen molar-refractivity contribution < 1.29 is 4.79 Å². The average Bonchev–Trinajstić information content (AvgIpc) is 3.01. The van der Waals surface area contributed by atoms with Gasteiger partial charge in [-0.05, 0) is 45.1 Å². The van der Waals surface area contributed by atoms with Crippen molar-refractivity contribution in [2.24, 2.45) is 0 Å². The number of halogens is 2. The van der Waals surface area contributed by atoms with E-state index in [4.69, 9.17) is 11.6 Å². The fourth-order valence-corrected chi connectivity index (χ4v) is 5.58. The number of rotatable bonds is 2. The second-order valence-corrected chi connectivity index (χ2v) is 8.11. The highest BCUT2D eigenvalue weighted by molar-refractivity contribution is 9.10. The fraction of sp³-hybridized carbons (Fsp3) is 0.214. The van der Waals surface area contributed by atoms with Gasteiger partial charge in [0.25, 0.3) is 0 Å². The largest absolute Gasteiger partial charge is 0.333 e. The molecule has 0 unspecified atom stereocenters. The van der Waals surface area contributed by atoms with Gasteiger partial charge in [-0.25, -0.2) is 0 Å². The van der Waals surface area contributed by atoms with Crippen LogP contribution in [-0.4, -0.2) is 17.4 Å². The van der Waals surface area contributed by atoms with Gasteiger partial charge in [-0.1, -0.05) is 18.2 Å². The molecule has 0 saturated carbocycles. The molecule has 0 aromatic carbocycles. The number of thiophene rings is 2. The van der Waals surface area contributed by atoms with Crippen molar-refractivity contribution >= 4 is 56.1 Å². The third kappa shape index (κ3) is 2.48. The lowest BCUT2D eigenvalue weighted by Gasteiger charge is -2.32. The summed E-state index contributed by atoms with van der Waals surface area (Å²) in [6.45, 7) is 4.87. The van der Waals surface area contributed by atoms with Crippen LogP contribution in [0.25, 0.3) is 0 Å². The predicted octanol–water partition coefficient (Wildman–Crippen LogP) is 4.89. The van der Waals surface area contributed by atoms with Gasteiger partial charge in [0.1, 0.15) is 0 Å². The Morgan fingerprint density at radius 1 is 1.60 bits per heavy atom. The highest BCUT2D eigenvalue weighted by Crippen LogP contribution is 2.43. The van der Waals surface area contributed by atoms with E-state index >= 15 is 0 Å². The Hall–Kier alpha value is -0.620. The zero-order valence-corrected chi connectivity index (χ0v) is 14.4. The molecule has 0 saturated heterocycles. The summed E-state index contributed by atoms with van der Waals surface area (Å²) in [5.74, 6) is 0.152. The van der Waals surface area contributed by atoms with Crippen molar-refractivity contribution in [3.8, 4) is 0 Å². The van der Waals surface area contributed by atoms with Crippen LogP contribution >= 0.6 is 50.2 Å². The van der Waals surface area contributed by atoms with Gasteiger partial charge in [0, 0.05) is 26.7 Å². The first-order chi connectivity index (χ1) is 9.60. The maximum Gasteiger partial charge on any atom is 0.246 e. The molecule has 0 N–H and O–H groups in total. The summed E-state index contributed by atoms with van der Waals surface area (Å²) in [7, 11) is 0. The van der Waals surface area contributed by atoms with Gasteiger partial charge in [-0.2, -0.15) is 0 Å². The molecule has 2 aromatic rings.